The zero-order chi connectivity index (χ0) is 35.8. The van der Waals surface area contributed by atoms with Crippen LogP contribution < -0.4 is 0 Å². The van der Waals surface area contributed by atoms with Crippen molar-refractivity contribution in [1.82, 2.24) is 0 Å². The zero-order valence-corrected chi connectivity index (χ0v) is 30.6. The first-order valence-corrected chi connectivity index (χ1v) is 18.1. The van der Waals surface area contributed by atoms with E-state index in [1.54, 1.807) is 19.9 Å². The Morgan fingerprint density at radius 1 is 0.673 bits per heavy atom. The number of aliphatic hydroxyl groups is 2. The van der Waals surface area contributed by atoms with Gasteiger partial charge in [-0.15, -0.1) is 0 Å². The SMILES string of the molecule is CC1=CC=C[C+](C)C1=C(c1ccc(Cc2c(C)cc(C)cc2C)c(CO)c1)c1ccc(Cc2c(C)cc(C)c(S(=O)(=O)O)c2C)c(CO)c1. The van der Waals surface area contributed by atoms with Crippen LogP contribution in [0.5, 0.6) is 0 Å². The van der Waals surface area contributed by atoms with Crippen molar-refractivity contribution in [3.05, 3.63) is 168 Å². The third-order valence-electron chi connectivity index (χ3n) is 9.95. The van der Waals surface area contributed by atoms with E-state index in [0.29, 0.717) is 17.5 Å². The Hall–Kier alpha value is -4.20. The minimum absolute atomic E-state index is 0.0586. The van der Waals surface area contributed by atoms with Gasteiger partial charge in [0.1, 0.15) is 5.57 Å². The van der Waals surface area contributed by atoms with E-state index in [1.165, 1.54) is 22.3 Å². The Morgan fingerprint density at radius 3 is 1.67 bits per heavy atom. The lowest BCUT2D eigenvalue weighted by molar-refractivity contribution is 0.280. The van der Waals surface area contributed by atoms with E-state index in [-0.39, 0.29) is 18.1 Å². The first kappa shape index (κ1) is 36.1. The fourth-order valence-corrected chi connectivity index (χ4v) is 8.59. The average molecular weight is 676 g/mol. The fourth-order valence-electron chi connectivity index (χ4n) is 7.61. The Bertz CT molecular complexity index is 2120. The molecule has 0 unspecified atom stereocenters. The first-order chi connectivity index (χ1) is 23.1. The van der Waals surface area contributed by atoms with Crippen LogP contribution in [0.1, 0.15) is 91.7 Å². The van der Waals surface area contributed by atoms with Crippen molar-refractivity contribution >= 4 is 15.7 Å². The van der Waals surface area contributed by atoms with Crippen LogP contribution in [-0.2, 0) is 36.2 Å². The maximum absolute atomic E-state index is 12.3. The number of aliphatic hydroxyl groups excluding tert-OH is 2. The predicted molar refractivity (Wildman–Crippen MR) is 199 cm³/mol. The molecule has 0 aliphatic heterocycles. The van der Waals surface area contributed by atoms with Crippen molar-refractivity contribution in [3.8, 4) is 0 Å². The Morgan fingerprint density at radius 2 is 1.18 bits per heavy atom. The highest BCUT2D eigenvalue weighted by molar-refractivity contribution is 7.86. The van der Waals surface area contributed by atoms with Crippen molar-refractivity contribution in [1.29, 1.82) is 0 Å². The van der Waals surface area contributed by atoms with Crippen molar-refractivity contribution < 1.29 is 23.2 Å². The maximum Gasteiger partial charge on any atom is 0.295 e. The smallest absolute Gasteiger partial charge is 0.295 e. The molecule has 0 fully saturated rings. The summed E-state index contributed by atoms with van der Waals surface area (Å²) in [6.45, 7) is 15.7. The van der Waals surface area contributed by atoms with E-state index in [0.717, 1.165) is 73.6 Å². The number of aryl methyl sites for hydroxylation is 5. The van der Waals surface area contributed by atoms with Gasteiger partial charge in [-0.2, -0.15) is 8.42 Å². The van der Waals surface area contributed by atoms with Gasteiger partial charge in [0.15, 0.2) is 0 Å². The van der Waals surface area contributed by atoms with Gasteiger partial charge < -0.3 is 10.2 Å². The molecule has 0 atom stereocenters. The van der Waals surface area contributed by atoms with E-state index < -0.39 is 10.1 Å². The van der Waals surface area contributed by atoms with E-state index in [9.17, 15) is 23.2 Å². The van der Waals surface area contributed by atoms with Gasteiger partial charge >= 0.3 is 0 Å². The fraction of sp³-hybridized carbons (Fsp3) is 0.279. The summed E-state index contributed by atoms with van der Waals surface area (Å²) < 4.78 is 34.5. The minimum atomic E-state index is -4.40. The van der Waals surface area contributed by atoms with Crippen molar-refractivity contribution in [2.45, 2.75) is 86.3 Å². The van der Waals surface area contributed by atoms with Gasteiger partial charge in [-0.25, -0.2) is 0 Å². The molecule has 6 heteroatoms. The normalized spacial score (nSPS) is 14.3. The van der Waals surface area contributed by atoms with Crippen molar-refractivity contribution in [2.24, 2.45) is 0 Å². The lowest BCUT2D eigenvalue weighted by Crippen LogP contribution is -2.10. The Balaban J connectivity index is 1.64. The quantitative estimate of drug-likeness (QED) is 0.122. The van der Waals surface area contributed by atoms with Gasteiger partial charge in [0.05, 0.1) is 23.7 Å². The van der Waals surface area contributed by atoms with Gasteiger partial charge in [0.2, 0.25) is 0 Å². The van der Waals surface area contributed by atoms with Gasteiger partial charge in [0.25, 0.3) is 10.1 Å². The molecular formula is C43H47O5S+. The molecule has 0 aromatic heterocycles. The van der Waals surface area contributed by atoms with E-state index in [2.05, 4.69) is 89.2 Å². The molecule has 49 heavy (non-hydrogen) atoms. The molecule has 3 N–H and O–H groups in total. The van der Waals surface area contributed by atoms with E-state index >= 15 is 0 Å². The highest BCUT2D eigenvalue weighted by atomic mass is 32.2. The van der Waals surface area contributed by atoms with Gasteiger partial charge in [-0.1, -0.05) is 35.9 Å². The molecule has 0 saturated heterocycles. The summed E-state index contributed by atoms with van der Waals surface area (Å²) in [5.41, 5.74) is 16.5. The minimum Gasteiger partial charge on any atom is -0.392 e. The topological polar surface area (TPSA) is 94.8 Å². The molecule has 0 spiro atoms. The third kappa shape index (κ3) is 7.38. The Kier molecular flexibility index (Phi) is 10.6. The summed E-state index contributed by atoms with van der Waals surface area (Å²) in [6, 6.07) is 18.6. The average Bonchev–Trinajstić information content (AvgIpc) is 3.02. The molecule has 5 nitrogen and oxygen atoms in total. The van der Waals surface area contributed by atoms with Crippen LogP contribution >= 0.6 is 0 Å². The second-order valence-electron chi connectivity index (χ2n) is 13.6. The molecule has 0 amide bonds. The van der Waals surface area contributed by atoms with E-state index in [4.69, 9.17) is 0 Å². The molecule has 5 rings (SSSR count). The van der Waals surface area contributed by atoms with Crippen LogP contribution in [0, 0.1) is 47.5 Å². The molecule has 1 aliphatic carbocycles. The Labute approximate surface area is 292 Å². The summed E-state index contributed by atoms with van der Waals surface area (Å²) in [6.07, 6.45) is 7.38. The number of allylic oxidation sites excluding steroid dienone is 5. The van der Waals surface area contributed by atoms with Crippen molar-refractivity contribution in [2.75, 3.05) is 0 Å². The standard InChI is InChI=1S/C43H46O5S/c1-25-16-28(4)39(29(5)17-25)21-33-12-14-35(19-37(33)23-44)42(41-26(2)10-9-11-27(41)3)36-15-13-34(38(20-36)24-45)22-40-30(6)18-31(7)43(32(40)8)49(46,47)48/h9-20,44-45H,21-24H2,1-8H3/p+1. The van der Waals surface area contributed by atoms with Crippen LogP contribution in [0.4, 0.5) is 0 Å². The van der Waals surface area contributed by atoms with Gasteiger partial charge in [-0.05, 0) is 154 Å². The van der Waals surface area contributed by atoms with Crippen LogP contribution in [0.2, 0.25) is 0 Å². The van der Waals surface area contributed by atoms with E-state index in [1.807, 2.05) is 19.1 Å². The number of benzene rings is 4. The molecule has 0 heterocycles. The molecule has 254 valence electrons. The van der Waals surface area contributed by atoms with Crippen LogP contribution in [0.3, 0.4) is 0 Å². The predicted octanol–water partition coefficient (Wildman–Crippen LogP) is 8.86. The molecule has 0 bridgehead atoms. The molecule has 1 aliphatic rings. The summed E-state index contributed by atoms with van der Waals surface area (Å²) in [7, 11) is -4.40. The number of hydrogen-bond acceptors (Lipinski definition) is 4. The highest BCUT2D eigenvalue weighted by Crippen LogP contribution is 2.40. The highest BCUT2D eigenvalue weighted by Gasteiger charge is 2.28. The number of rotatable bonds is 9. The van der Waals surface area contributed by atoms with Gasteiger partial charge in [-0.3, -0.25) is 4.55 Å². The largest absolute Gasteiger partial charge is 0.392 e. The molecule has 0 saturated carbocycles. The summed E-state index contributed by atoms with van der Waals surface area (Å²) >= 11 is 0. The van der Waals surface area contributed by atoms with Crippen molar-refractivity contribution in [3.63, 3.8) is 0 Å². The second kappa shape index (κ2) is 14.3. The molecule has 0 radical (unpaired) electrons. The lowest BCUT2D eigenvalue weighted by Gasteiger charge is -2.20. The monoisotopic (exact) mass is 675 g/mol. The number of hydrogen-bond donors (Lipinski definition) is 3. The first-order valence-electron chi connectivity index (χ1n) is 16.7. The summed E-state index contributed by atoms with van der Waals surface area (Å²) in [5.74, 6) is 1.12. The molecule has 4 aromatic rings. The summed E-state index contributed by atoms with van der Waals surface area (Å²) in [5, 5.41) is 21.3. The maximum atomic E-state index is 12.3. The molecular weight excluding hydrogens is 629 g/mol. The second-order valence-corrected chi connectivity index (χ2v) is 14.9. The summed E-state index contributed by atoms with van der Waals surface area (Å²) in [4.78, 5) is -0.0586. The lowest BCUT2D eigenvalue weighted by atomic mass is 9.80. The molecule has 4 aromatic carbocycles. The van der Waals surface area contributed by atoms with Crippen LogP contribution in [0.15, 0.2) is 88.9 Å². The van der Waals surface area contributed by atoms with Crippen LogP contribution in [-0.4, -0.2) is 23.2 Å². The zero-order valence-electron chi connectivity index (χ0n) is 29.8. The van der Waals surface area contributed by atoms with Gasteiger partial charge in [0, 0.05) is 40.8 Å². The third-order valence-corrected chi connectivity index (χ3v) is 11.1. The van der Waals surface area contributed by atoms with Crippen LogP contribution in [0.25, 0.3) is 5.57 Å².